The monoisotopic (exact) mass is 217 g/mol. The Kier molecular flexibility index (Phi) is 4.21. The Bertz CT molecular complexity index is 169. The lowest BCUT2D eigenvalue weighted by molar-refractivity contribution is -0.373. The fraction of sp³-hybridized carbons (Fsp3) is 1.00. The number of hydrogen-bond acceptors (Lipinski definition) is 1. The fourth-order valence-electron chi connectivity index (χ4n) is 2.89. The van der Waals surface area contributed by atoms with Gasteiger partial charge in [0.25, 0.3) is 0 Å². The van der Waals surface area contributed by atoms with Gasteiger partial charge < -0.3 is 5.11 Å². The second kappa shape index (κ2) is 4.10. The lowest BCUT2D eigenvalue weighted by Crippen LogP contribution is -2.42. The molecule has 0 radical (unpaired) electrons. The summed E-state index contributed by atoms with van der Waals surface area (Å²) in [5.41, 5.74) is 0. The quantitative estimate of drug-likeness (QED) is 0.651. The van der Waals surface area contributed by atoms with Gasteiger partial charge in [-0.15, -0.1) is 6.61 Å². The highest BCUT2D eigenvalue weighted by molar-refractivity contribution is 7.62. The van der Waals surface area contributed by atoms with Gasteiger partial charge in [0.2, 0.25) is 0 Å². The molecule has 0 saturated heterocycles. The van der Waals surface area contributed by atoms with E-state index in [0.29, 0.717) is 0 Å². The van der Waals surface area contributed by atoms with Crippen LogP contribution in [0.3, 0.4) is 0 Å². The molecule has 0 heterocycles. The molecule has 1 nitrogen and oxygen atoms in total. The van der Waals surface area contributed by atoms with Crippen LogP contribution in [0.2, 0.25) is 0 Å². The van der Waals surface area contributed by atoms with Crippen LogP contribution in [0.25, 0.3) is 0 Å². The molecule has 0 bridgehead atoms. The standard InChI is InChI=1S/C12H26OP/c1-10(2,3)14(11(4,5)6)12(7,8)9-13/h9H2,1-8H3/q-1. The Morgan fingerprint density at radius 3 is 1.14 bits per heavy atom. The fourth-order valence-corrected chi connectivity index (χ4v) is 8.66. The van der Waals surface area contributed by atoms with Gasteiger partial charge in [-0.25, -0.2) is 0 Å². The van der Waals surface area contributed by atoms with Gasteiger partial charge in [0.15, 0.2) is 0 Å². The van der Waals surface area contributed by atoms with E-state index < -0.39 is 0 Å². The van der Waals surface area contributed by atoms with E-state index >= 15 is 0 Å². The van der Waals surface area contributed by atoms with Crippen molar-refractivity contribution in [3.63, 3.8) is 0 Å². The van der Waals surface area contributed by atoms with Crippen LogP contribution in [0.15, 0.2) is 0 Å². The zero-order valence-electron chi connectivity index (χ0n) is 11.1. The van der Waals surface area contributed by atoms with Gasteiger partial charge in [-0.05, 0) is 15.5 Å². The molecular formula is C12H26OP-. The van der Waals surface area contributed by atoms with E-state index in [0.717, 1.165) is 0 Å². The smallest absolute Gasteiger partial charge is 0.0170 e. The maximum atomic E-state index is 11.3. The molecule has 0 aromatic carbocycles. The van der Waals surface area contributed by atoms with E-state index in [1.165, 1.54) is 0 Å². The highest BCUT2D eigenvalue weighted by Gasteiger charge is 2.42. The van der Waals surface area contributed by atoms with Gasteiger partial charge >= 0.3 is 0 Å². The highest BCUT2D eigenvalue weighted by atomic mass is 31.1. The van der Waals surface area contributed by atoms with Crippen LogP contribution in [-0.4, -0.2) is 22.1 Å². The highest BCUT2D eigenvalue weighted by Crippen LogP contribution is 2.66. The Labute approximate surface area is 91.0 Å². The average molecular weight is 217 g/mol. The maximum absolute atomic E-state index is 11.3. The first-order valence-corrected chi connectivity index (χ1v) is 6.65. The van der Waals surface area contributed by atoms with Crippen LogP contribution < -0.4 is 5.11 Å². The van der Waals surface area contributed by atoms with Crippen molar-refractivity contribution in [1.82, 2.24) is 0 Å². The molecule has 2 heteroatoms. The lowest BCUT2D eigenvalue weighted by Gasteiger charge is -2.52. The van der Waals surface area contributed by atoms with Gasteiger partial charge in [-0.1, -0.05) is 63.3 Å². The van der Waals surface area contributed by atoms with Crippen LogP contribution in [0, 0.1) is 0 Å². The minimum absolute atomic E-state index is 0.0350. The normalized spacial score (nSPS) is 15.0. The first-order chi connectivity index (χ1) is 5.93. The molecule has 14 heavy (non-hydrogen) atoms. The van der Waals surface area contributed by atoms with Gasteiger partial charge in [-0.3, -0.25) is 0 Å². The van der Waals surface area contributed by atoms with Crippen molar-refractivity contribution in [2.75, 3.05) is 6.61 Å². The Hall–Kier alpha value is 0.390. The lowest BCUT2D eigenvalue weighted by atomic mass is 10.2. The average Bonchev–Trinajstić information content (AvgIpc) is 1.79. The first kappa shape index (κ1) is 14.4. The van der Waals surface area contributed by atoms with E-state index in [-0.39, 0.29) is 30.0 Å². The third-order valence-corrected chi connectivity index (χ3v) is 6.32. The predicted molar refractivity (Wildman–Crippen MR) is 65.4 cm³/mol. The largest absolute Gasteiger partial charge is 0.854 e. The number of rotatable bonds is 2. The molecule has 0 rings (SSSR count). The number of hydrogen-bond donors (Lipinski definition) is 0. The molecule has 0 aliphatic heterocycles. The summed E-state index contributed by atoms with van der Waals surface area (Å²) in [7, 11) is -0.299. The van der Waals surface area contributed by atoms with Crippen molar-refractivity contribution >= 4 is 7.92 Å². The van der Waals surface area contributed by atoms with E-state index in [1.54, 1.807) is 0 Å². The summed E-state index contributed by atoms with van der Waals surface area (Å²) in [4.78, 5) is 0. The molecule has 0 N–H and O–H groups in total. The molecule has 0 spiro atoms. The third kappa shape index (κ3) is 3.51. The van der Waals surface area contributed by atoms with E-state index in [9.17, 15) is 5.11 Å². The molecule has 0 aromatic rings. The Morgan fingerprint density at radius 1 is 0.786 bits per heavy atom. The van der Waals surface area contributed by atoms with E-state index in [4.69, 9.17) is 0 Å². The Balaban J connectivity index is 5.14. The van der Waals surface area contributed by atoms with E-state index in [1.807, 2.05) is 0 Å². The summed E-state index contributed by atoms with van der Waals surface area (Å²) in [5, 5.41) is 11.7. The van der Waals surface area contributed by atoms with Gasteiger partial charge in [0.05, 0.1) is 0 Å². The third-order valence-electron chi connectivity index (χ3n) is 2.30. The van der Waals surface area contributed by atoms with Crippen LogP contribution >= 0.6 is 7.92 Å². The zero-order valence-corrected chi connectivity index (χ0v) is 12.0. The maximum Gasteiger partial charge on any atom is -0.0170 e. The summed E-state index contributed by atoms with van der Waals surface area (Å²) in [5.74, 6) is 0. The van der Waals surface area contributed by atoms with Crippen molar-refractivity contribution < 1.29 is 5.11 Å². The molecule has 0 saturated carbocycles. The summed E-state index contributed by atoms with van der Waals surface area (Å²) in [6.45, 7) is 17.9. The van der Waals surface area contributed by atoms with Gasteiger partial charge in [0, 0.05) is 0 Å². The van der Waals surface area contributed by atoms with Crippen LogP contribution in [0.1, 0.15) is 55.4 Å². The van der Waals surface area contributed by atoms with Crippen LogP contribution in [0.5, 0.6) is 0 Å². The van der Waals surface area contributed by atoms with Crippen molar-refractivity contribution in [2.45, 2.75) is 70.9 Å². The zero-order chi connectivity index (χ0) is 11.8. The van der Waals surface area contributed by atoms with Gasteiger partial charge in [0.1, 0.15) is 0 Å². The van der Waals surface area contributed by atoms with Crippen molar-refractivity contribution in [2.24, 2.45) is 0 Å². The van der Waals surface area contributed by atoms with Crippen LogP contribution in [0.4, 0.5) is 0 Å². The predicted octanol–water partition coefficient (Wildman–Crippen LogP) is 3.20. The second-order valence-electron chi connectivity index (χ2n) is 6.63. The minimum atomic E-state index is -0.299. The topological polar surface area (TPSA) is 23.1 Å². The summed E-state index contributed by atoms with van der Waals surface area (Å²) < 4.78 is 0. The Morgan fingerprint density at radius 2 is 1.07 bits per heavy atom. The van der Waals surface area contributed by atoms with Crippen molar-refractivity contribution in [1.29, 1.82) is 0 Å². The molecule has 0 unspecified atom stereocenters. The molecule has 86 valence electrons. The molecule has 0 aliphatic rings. The summed E-state index contributed by atoms with van der Waals surface area (Å²) in [6, 6.07) is 0. The summed E-state index contributed by atoms with van der Waals surface area (Å²) >= 11 is 0. The molecule has 0 aromatic heterocycles. The van der Waals surface area contributed by atoms with Crippen molar-refractivity contribution in [3.05, 3.63) is 0 Å². The molecular weight excluding hydrogens is 191 g/mol. The molecule has 0 amide bonds. The van der Waals surface area contributed by atoms with Crippen molar-refractivity contribution in [3.8, 4) is 0 Å². The van der Waals surface area contributed by atoms with Crippen LogP contribution in [-0.2, 0) is 0 Å². The summed E-state index contributed by atoms with van der Waals surface area (Å²) in [6.07, 6.45) is 0. The molecule has 0 aliphatic carbocycles. The first-order valence-electron chi connectivity index (χ1n) is 5.31. The van der Waals surface area contributed by atoms with E-state index in [2.05, 4.69) is 55.4 Å². The molecule has 0 atom stereocenters. The minimum Gasteiger partial charge on any atom is -0.854 e. The second-order valence-corrected chi connectivity index (χ2v) is 11.2. The SMILES string of the molecule is CC(C)(C)P(C(C)(C)C)C(C)(C)C[O-]. The van der Waals surface area contributed by atoms with Gasteiger partial charge in [-0.2, -0.15) is 0 Å². The molecule has 0 fully saturated rings.